The molecule has 0 spiro atoms. The fraction of sp³-hybridized carbons (Fsp3) is 0.458. The molecule has 3 rings (SSSR count). The summed E-state index contributed by atoms with van der Waals surface area (Å²) in [5, 5.41) is 0.0525. The van der Waals surface area contributed by atoms with E-state index in [0.717, 1.165) is 11.3 Å². The van der Waals surface area contributed by atoms with E-state index >= 15 is 0 Å². The second-order valence-electron chi connectivity index (χ2n) is 9.62. The normalized spacial score (nSPS) is 18.3. The van der Waals surface area contributed by atoms with Gasteiger partial charge in [-0.1, -0.05) is 32.9 Å². The number of amides is 1. The summed E-state index contributed by atoms with van der Waals surface area (Å²) in [5.74, 6) is -0.588. The van der Waals surface area contributed by atoms with Gasteiger partial charge in [-0.25, -0.2) is 8.78 Å². The molecule has 0 N–H and O–H groups in total. The number of benzene rings is 2. The van der Waals surface area contributed by atoms with Crippen molar-refractivity contribution in [3.05, 3.63) is 65.7 Å². The second-order valence-corrected chi connectivity index (χ2v) is 14.4. The van der Waals surface area contributed by atoms with Gasteiger partial charge in [0.2, 0.25) is 5.91 Å². The maximum atomic E-state index is 13.4. The van der Waals surface area contributed by atoms with Crippen LogP contribution in [0.3, 0.4) is 0 Å². The minimum atomic E-state index is -2.04. The minimum absolute atomic E-state index is 0.0525. The zero-order chi connectivity index (χ0) is 22.1. The first kappa shape index (κ1) is 22.6. The summed E-state index contributed by atoms with van der Waals surface area (Å²) in [5.41, 5.74) is 1.67. The van der Waals surface area contributed by atoms with Crippen LogP contribution in [-0.4, -0.2) is 20.8 Å². The third kappa shape index (κ3) is 4.98. The van der Waals surface area contributed by atoms with Crippen LogP contribution in [0.2, 0.25) is 18.1 Å². The lowest BCUT2D eigenvalue weighted by Gasteiger charge is -2.41. The predicted molar refractivity (Wildman–Crippen MR) is 119 cm³/mol. The molecule has 6 heteroatoms. The molecule has 0 radical (unpaired) electrons. The number of hydrogen-bond donors (Lipinski definition) is 0. The van der Waals surface area contributed by atoms with E-state index in [0.29, 0.717) is 19.4 Å². The van der Waals surface area contributed by atoms with Crippen molar-refractivity contribution in [2.24, 2.45) is 5.92 Å². The van der Waals surface area contributed by atoms with Crippen LogP contribution in [0.1, 0.15) is 45.3 Å². The Morgan fingerprint density at radius 2 is 1.57 bits per heavy atom. The first-order valence-corrected chi connectivity index (χ1v) is 13.4. The Bertz CT molecular complexity index is 876. The summed E-state index contributed by atoms with van der Waals surface area (Å²) in [4.78, 5) is 14.3. The molecule has 1 aliphatic rings. The molecular formula is C24H31F2NO2Si. The van der Waals surface area contributed by atoms with Crippen LogP contribution in [0.25, 0.3) is 0 Å². The molecule has 0 aliphatic carbocycles. The lowest BCUT2D eigenvalue weighted by atomic mass is 9.90. The molecule has 2 atom stereocenters. The quantitative estimate of drug-likeness (QED) is 0.371. The number of β-lactam (4-membered cyclic amide) rings is 1. The van der Waals surface area contributed by atoms with Gasteiger partial charge in [0.1, 0.15) is 11.6 Å². The zero-order valence-electron chi connectivity index (χ0n) is 18.4. The minimum Gasteiger partial charge on any atom is -0.410 e. The van der Waals surface area contributed by atoms with Gasteiger partial charge >= 0.3 is 0 Å². The highest BCUT2D eigenvalue weighted by Crippen LogP contribution is 2.41. The van der Waals surface area contributed by atoms with E-state index in [9.17, 15) is 13.6 Å². The molecule has 1 saturated heterocycles. The van der Waals surface area contributed by atoms with Crippen molar-refractivity contribution in [3.63, 3.8) is 0 Å². The third-order valence-corrected chi connectivity index (χ3v) is 10.9. The van der Waals surface area contributed by atoms with Crippen molar-refractivity contribution < 1.29 is 18.0 Å². The number of anilines is 1. The Hall–Kier alpha value is -2.05. The summed E-state index contributed by atoms with van der Waals surface area (Å²) in [6.45, 7) is 11.6. The Labute approximate surface area is 179 Å². The number of halogens is 2. The summed E-state index contributed by atoms with van der Waals surface area (Å²) >= 11 is 0. The van der Waals surface area contributed by atoms with Crippen LogP contribution >= 0.6 is 0 Å². The molecule has 2 unspecified atom stereocenters. The zero-order valence-corrected chi connectivity index (χ0v) is 19.4. The maximum absolute atomic E-state index is 13.4. The number of carbonyl (C=O) groups excluding carboxylic acids is 1. The van der Waals surface area contributed by atoms with Crippen molar-refractivity contribution >= 4 is 19.9 Å². The van der Waals surface area contributed by atoms with Crippen LogP contribution in [-0.2, 0) is 9.22 Å². The summed E-state index contributed by atoms with van der Waals surface area (Å²) in [7, 11) is -2.04. The number of rotatable bonds is 7. The predicted octanol–water partition coefficient (Wildman–Crippen LogP) is 6.47. The van der Waals surface area contributed by atoms with E-state index in [1.54, 1.807) is 29.2 Å². The average molecular weight is 432 g/mol. The molecule has 1 amide bonds. The first-order chi connectivity index (χ1) is 14.0. The highest BCUT2D eigenvalue weighted by molar-refractivity contribution is 6.74. The van der Waals surface area contributed by atoms with Gasteiger partial charge in [-0.05, 0) is 72.9 Å². The molecule has 162 valence electrons. The molecule has 2 aromatic rings. The van der Waals surface area contributed by atoms with Crippen LogP contribution < -0.4 is 4.90 Å². The monoisotopic (exact) mass is 431 g/mol. The van der Waals surface area contributed by atoms with Gasteiger partial charge in [0, 0.05) is 12.2 Å². The van der Waals surface area contributed by atoms with Gasteiger partial charge < -0.3 is 9.33 Å². The van der Waals surface area contributed by atoms with E-state index in [1.165, 1.54) is 24.3 Å². The third-order valence-electron chi connectivity index (χ3n) is 6.42. The number of carbonyl (C=O) groups is 1. The van der Waals surface area contributed by atoms with E-state index in [1.807, 2.05) is 0 Å². The Kier molecular flexibility index (Phi) is 6.48. The van der Waals surface area contributed by atoms with Gasteiger partial charge in [-0.2, -0.15) is 0 Å². The largest absolute Gasteiger partial charge is 0.410 e. The van der Waals surface area contributed by atoms with Gasteiger partial charge in [-0.15, -0.1) is 0 Å². The fourth-order valence-electron chi connectivity index (χ4n) is 3.42. The second kappa shape index (κ2) is 8.59. The van der Waals surface area contributed by atoms with E-state index in [2.05, 4.69) is 33.9 Å². The van der Waals surface area contributed by atoms with Gasteiger partial charge in [0.15, 0.2) is 8.32 Å². The highest BCUT2D eigenvalue weighted by atomic mass is 28.4. The average Bonchev–Trinajstić information content (AvgIpc) is 2.67. The first-order valence-electron chi connectivity index (χ1n) is 10.5. The molecule has 0 aromatic heterocycles. The van der Waals surface area contributed by atoms with Crippen molar-refractivity contribution in [2.75, 3.05) is 11.4 Å². The van der Waals surface area contributed by atoms with Crippen molar-refractivity contribution in [2.45, 2.75) is 57.8 Å². The fourth-order valence-corrected chi connectivity index (χ4v) is 4.74. The topological polar surface area (TPSA) is 29.5 Å². The van der Waals surface area contributed by atoms with Crippen LogP contribution in [0.4, 0.5) is 14.5 Å². The molecule has 1 heterocycles. The van der Waals surface area contributed by atoms with Gasteiger partial charge in [0.05, 0.1) is 12.0 Å². The standard InChI is InChI=1S/C24H31F2NO2Si/c1-24(2,3)30(4,5)29-22(17-6-9-19(25)10-7-17)15-8-18-16-27(23(18)28)21-13-11-20(26)12-14-21/h6-7,9-14,18,22H,8,15-16H2,1-5H3. The SMILES string of the molecule is CC(C)(C)[Si](C)(C)OC(CCC1CN(c2ccc(F)cc2)C1=O)c1ccc(F)cc1. The van der Waals surface area contributed by atoms with E-state index in [4.69, 9.17) is 4.43 Å². The Balaban J connectivity index is 1.67. The van der Waals surface area contributed by atoms with Crippen molar-refractivity contribution in [1.82, 2.24) is 0 Å². The molecule has 30 heavy (non-hydrogen) atoms. The molecule has 1 fully saturated rings. The molecule has 2 aromatic carbocycles. The number of hydrogen-bond acceptors (Lipinski definition) is 2. The van der Waals surface area contributed by atoms with Crippen LogP contribution in [0.5, 0.6) is 0 Å². The maximum Gasteiger partial charge on any atom is 0.231 e. The van der Waals surface area contributed by atoms with Crippen LogP contribution in [0, 0.1) is 17.6 Å². The summed E-state index contributed by atoms with van der Waals surface area (Å²) < 4.78 is 33.2. The van der Waals surface area contributed by atoms with E-state index in [-0.39, 0.29) is 34.6 Å². The highest BCUT2D eigenvalue weighted by Gasteiger charge is 2.41. The Morgan fingerprint density at radius 3 is 2.07 bits per heavy atom. The lowest BCUT2D eigenvalue weighted by Crippen LogP contribution is -2.52. The molecule has 0 saturated carbocycles. The Morgan fingerprint density at radius 1 is 1.03 bits per heavy atom. The van der Waals surface area contributed by atoms with Crippen molar-refractivity contribution in [1.29, 1.82) is 0 Å². The molecule has 3 nitrogen and oxygen atoms in total. The van der Waals surface area contributed by atoms with Gasteiger partial charge in [0.25, 0.3) is 0 Å². The molecule has 0 bridgehead atoms. The van der Waals surface area contributed by atoms with Crippen LogP contribution in [0.15, 0.2) is 48.5 Å². The van der Waals surface area contributed by atoms with Crippen molar-refractivity contribution in [3.8, 4) is 0 Å². The lowest BCUT2D eigenvalue weighted by molar-refractivity contribution is -0.127. The molecular weight excluding hydrogens is 400 g/mol. The summed E-state index contributed by atoms with van der Waals surface area (Å²) in [6.07, 6.45) is 1.23. The number of nitrogens with zero attached hydrogens (tertiary/aromatic N) is 1. The van der Waals surface area contributed by atoms with E-state index < -0.39 is 8.32 Å². The summed E-state index contributed by atoms with van der Waals surface area (Å²) in [6, 6.07) is 12.5. The van der Waals surface area contributed by atoms with Gasteiger partial charge in [-0.3, -0.25) is 4.79 Å². The smallest absolute Gasteiger partial charge is 0.231 e. The molecule has 1 aliphatic heterocycles.